The molecule has 0 radical (unpaired) electrons. The molecular weight excluding hydrogens is 807 g/mol. The summed E-state index contributed by atoms with van der Waals surface area (Å²) in [6, 6.07) is -0.631. The van der Waals surface area contributed by atoms with Crippen molar-refractivity contribution in [3.63, 3.8) is 0 Å². The van der Waals surface area contributed by atoms with Crippen molar-refractivity contribution in [2.24, 2.45) is 0 Å². The van der Waals surface area contributed by atoms with Gasteiger partial charge in [-0.15, -0.1) is 0 Å². The van der Waals surface area contributed by atoms with Gasteiger partial charge >= 0.3 is 0 Å². The summed E-state index contributed by atoms with van der Waals surface area (Å²) in [5.41, 5.74) is 0. The first-order valence-electron chi connectivity index (χ1n) is 28.8. The van der Waals surface area contributed by atoms with E-state index in [1.54, 1.807) is 6.08 Å². The predicted octanol–water partition coefficient (Wildman–Crippen LogP) is 19.1. The van der Waals surface area contributed by atoms with E-state index in [-0.39, 0.29) is 12.5 Å². The Morgan fingerprint density at radius 3 is 1.00 bits per heavy atom. The molecule has 1 amide bonds. The second kappa shape index (κ2) is 56.9. The maximum Gasteiger partial charge on any atom is 0.220 e. The summed E-state index contributed by atoms with van der Waals surface area (Å²) in [5, 5.41) is 23.2. The Balaban J connectivity index is 3.54. The molecule has 4 heteroatoms. The number of hydrogen-bond donors (Lipinski definition) is 3. The van der Waals surface area contributed by atoms with Crippen LogP contribution in [0.5, 0.6) is 0 Å². The molecule has 0 spiro atoms. The van der Waals surface area contributed by atoms with Crippen LogP contribution in [0.4, 0.5) is 0 Å². The van der Waals surface area contributed by atoms with Gasteiger partial charge in [-0.3, -0.25) is 4.79 Å². The van der Waals surface area contributed by atoms with E-state index in [1.807, 2.05) is 6.08 Å². The van der Waals surface area contributed by atoms with Gasteiger partial charge in [-0.1, -0.05) is 292 Å². The van der Waals surface area contributed by atoms with Gasteiger partial charge in [0.15, 0.2) is 0 Å². The number of aliphatic hydroxyl groups is 2. The van der Waals surface area contributed by atoms with Crippen LogP contribution >= 0.6 is 0 Å². The molecule has 0 aliphatic heterocycles. The molecule has 0 bridgehead atoms. The van der Waals surface area contributed by atoms with Crippen molar-refractivity contribution in [2.75, 3.05) is 6.61 Å². The van der Waals surface area contributed by atoms with Gasteiger partial charge in [-0.2, -0.15) is 0 Å². The minimum atomic E-state index is -0.847. The summed E-state index contributed by atoms with van der Waals surface area (Å²) in [4.78, 5) is 12.5. The summed E-state index contributed by atoms with van der Waals surface area (Å²) in [6.45, 7) is 4.21. The molecule has 0 aromatic carbocycles. The molecular formula is C62H111NO3. The fourth-order valence-electron chi connectivity index (χ4n) is 8.54. The first kappa shape index (κ1) is 63.6. The zero-order valence-electron chi connectivity index (χ0n) is 43.9. The number of rotatable bonds is 52. The minimum absolute atomic E-state index is 0.0691. The standard InChI is InChI=1S/C62H111NO3/c1-3-5-7-9-11-13-15-17-19-21-23-25-27-29-30-31-32-34-36-38-40-42-44-46-48-50-52-54-56-58-62(66)63-60(59-64)61(65)57-55-53-51-49-47-45-43-41-39-37-35-33-28-26-24-22-20-18-16-14-12-10-8-6-4-2/h5,7,11,13,17,19,23,25,29-30,32,34,55,57,60-61,64-65H,3-4,6,8-10,12,14-16,18,20-22,24,26-28,31,33,35-54,56,58-59H2,1-2H3,(H,63,66)/b7-5-,13-11-,19-17-,25-23-,30-29-,34-32-,57-55+. The van der Waals surface area contributed by atoms with Gasteiger partial charge in [-0.25, -0.2) is 0 Å². The first-order chi connectivity index (χ1) is 32.7. The van der Waals surface area contributed by atoms with E-state index >= 15 is 0 Å². The average Bonchev–Trinajstić information content (AvgIpc) is 3.32. The fraction of sp³-hybridized carbons (Fsp3) is 0.758. The van der Waals surface area contributed by atoms with Crippen molar-refractivity contribution >= 4 is 5.91 Å². The van der Waals surface area contributed by atoms with E-state index in [0.717, 1.165) is 64.2 Å². The Hall–Kier alpha value is -2.43. The van der Waals surface area contributed by atoms with Gasteiger partial charge < -0.3 is 15.5 Å². The number of amides is 1. The highest BCUT2D eigenvalue weighted by Crippen LogP contribution is 2.17. The number of hydrogen-bond acceptors (Lipinski definition) is 3. The topological polar surface area (TPSA) is 69.6 Å². The second-order valence-electron chi connectivity index (χ2n) is 19.3. The minimum Gasteiger partial charge on any atom is -0.394 e. The Labute approximate surface area is 411 Å². The third kappa shape index (κ3) is 52.5. The molecule has 0 fully saturated rings. The summed E-state index contributed by atoms with van der Waals surface area (Å²) < 4.78 is 0. The lowest BCUT2D eigenvalue weighted by molar-refractivity contribution is -0.123. The molecule has 3 N–H and O–H groups in total. The molecule has 382 valence electrons. The Morgan fingerprint density at radius 2 is 0.667 bits per heavy atom. The molecule has 0 aliphatic carbocycles. The lowest BCUT2D eigenvalue weighted by Gasteiger charge is -2.20. The van der Waals surface area contributed by atoms with Crippen molar-refractivity contribution in [1.29, 1.82) is 0 Å². The number of allylic oxidation sites excluding steroid dienone is 13. The van der Waals surface area contributed by atoms with Crippen molar-refractivity contribution in [1.82, 2.24) is 5.32 Å². The molecule has 0 heterocycles. The van der Waals surface area contributed by atoms with Gasteiger partial charge in [0.2, 0.25) is 5.91 Å². The molecule has 66 heavy (non-hydrogen) atoms. The average molecular weight is 919 g/mol. The number of carbonyl (C=O) groups excluding carboxylic acids is 1. The highest BCUT2D eigenvalue weighted by molar-refractivity contribution is 5.76. The van der Waals surface area contributed by atoms with E-state index in [2.05, 4.69) is 92.1 Å². The molecule has 0 aromatic heterocycles. The molecule has 0 saturated carbocycles. The maximum atomic E-state index is 12.5. The van der Waals surface area contributed by atoms with Crippen molar-refractivity contribution in [2.45, 2.75) is 296 Å². The second-order valence-corrected chi connectivity index (χ2v) is 19.3. The molecule has 0 aromatic rings. The zero-order chi connectivity index (χ0) is 47.7. The van der Waals surface area contributed by atoms with Gasteiger partial charge in [0, 0.05) is 6.42 Å². The van der Waals surface area contributed by atoms with E-state index in [9.17, 15) is 15.0 Å². The zero-order valence-corrected chi connectivity index (χ0v) is 43.9. The van der Waals surface area contributed by atoms with Crippen LogP contribution in [0.1, 0.15) is 284 Å². The van der Waals surface area contributed by atoms with Crippen molar-refractivity contribution in [3.8, 4) is 0 Å². The normalized spacial score (nSPS) is 13.5. The fourth-order valence-corrected chi connectivity index (χ4v) is 8.54. The molecule has 2 unspecified atom stereocenters. The van der Waals surface area contributed by atoms with E-state index in [4.69, 9.17) is 0 Å². The first-order valence-corrected chi connectivity index (χ1v) is 28.8. The lowest BCUT2D eigenvalue weighted by Crippen LogP contribution is -2.45. The molecule has 0 aliphatic rings. The van der Waals surface area contributed by atoms with E-state index < -0.39 is 12.1 Å². The third-order valence-electron chi connectivity index (χ3n) is 12.9. The highest BCUT2D eigenvalue weighted by Gasteiger charge is 2.18. The quantitative estimate of drug-likeness (QED) is 0.0421. The largest absolute Gasteiger partial charge is 0.394 e. The number of nitrogens with one attached hydrogen (secondary N) is 1. The van der Waals surface area contributed by atoms with Crippen LogP contribution in [0.3, 0.4) is 0 Å². The summed E-state index contributed by atoms with van der Waals surface area (Å²) in [6.07, 6.45) is 83.1. The monoisotopic (exact) mass is 918 g/mol. The van der Waals surface area contributed by atoms with Gasteiger partial charge in [0.1, 0.15) is 0 Å². The van der Waals surface area contributed by atoms with Crippen LogP contribution in [0.2, 0.25) is 0 Å². The summed E-state index contributed by atoms with van der Waals surface area (Å²) in [5.74, 6) is -0.0691. The third-order valence-corrected chi connectivity index (χ3v) is 12.9. The number of carbonyl (C=O) groups is 1. The lowest BCUT2D eigenvalue weighted by atomic mass is 10.0. The maximum absolute atomic E-state index is 12.5. The Kier molecular flexibility index (Phi) is 54.8. The van der Waals surface area contributed by atoms with Crippen LogP contribution in [0.25, 0.3) is 0 Å². The van der Waals surface area contributed by atoms with Crippen LogP contribution in [-0.2, 0) is 4.79 Å². The van der Waals surface area contributed by atoms with Crippen molar-refractivity contribution < 1.29 is 15.0 Å². The van der Waals surface area contributed by atoms with Crippen LogP contribution < -0.4 is 5.32 Å². The van der Waals surface area contributed by atoms with E-state index in [1.165, 1.54) is 199 Å². The van der Waals surface area contributed by atoms with Crippen LogP contribution in [0.15, 0.2) is 85.1 Å². The highest BCUT2D eigenvalue weighted by atomic mass is 16.3. The van der Waals surface area contributed by atoms with Gasteiger partial charge in [0.05, 0.1) is 18.8 Å². The number of aliphatic hydroxyl groups excluding tert-OH is 2. The van der Waals surface area contributed by atoms with E-state index in [0.29, 0.717) is 6.42 Å². The molecule has 0 rings (SSSR count). The summed E-state index contributed by atoms with van der Waals surface area (Å²) in [7, 11) is 0. The smallest absolute Gasteiger partial charge is 0.220 e. The Bertz CT molecular complexity index is 1180. The molecule has 0 saturated heterocycles. The van der Waals surface area contributed by atoms with Crippen LogP contribution in [-0.4, -0.2) is 34.9 Å². The van der Waals surface area contributed by atoms with Gasteiger partial charge in [-0.05, 0) is 70.6 Å². The predicted molar refractivity (Wildman–Crippen MR) is 294 cm³/mol. The van der Waals surface area contributed by atoms with Gasteiger partial charge in [0.25, 0.3) is 0 Å². The van der Waals surface area contributed by atoms with Crippen LogP contribution in [0, 0.1) is 0 Å². The van der Waals surface area contributed by atoms with Crippen molar-refractivity contribution in [3.05, 3.63) is 85.1 Å². The molecule has 2 atom stereocenters. The molecule has 4 nitrogen and oxygen atoms in total. The Morgan fingerprint density at radius 1 is 0.379 bits per heavy atom. The summed E-state index contributed by atoms with van der Waals surface area (Å²) >= 11 is 0. The SMILES string of the molecule is CC/C=C\C/C=C\C/C=C\C/C=C\C/C=C\C/C=C\CCCCCCCCCCCCC(=O)NC(CO)C(O)/C=C/CCCCCCCCCCCCCCCCCCCCCCCCC. The number of unbranched alkanes of at least 4 members (excludes halogenated alkanes) is 33.